The summed E-state index contributed by atoms with van der Waals surface area (Å²) in [6.07, 6.45) is 1.53. The molecule has 0 saturated carbocycles. The lowest BCUT2D eigenvalue weighted by atomic mass is 10.2. The van der Waals surface area contributed by atoms with Crippen LogP contribution in [0.2, 0.25) is 0 Å². The van der Waals surface area contributed by atoms with Gasteiger partial charge in [0.25, 0.3) is 5.91 Å². The first-order valence-corrected chi connectivity index (χ1v) is 7.30. The summed E-state index contributed by atoms with van der Waals surface area (Å²) in [5, 5.41) is 5.20. The second kappa shape index (κ2) is 7.65. The van der Waals surface area contributed by atoms with E-state index in [1.165, 1.54) is 13.4 Å². The van der Waals surface area contributed by atoms with Crippen molar-refractivity contribution in [2.45, 2.75) is 6.54 Å². The topological polar surface area (TPSA) is 80.6 Å². The van der Waals surface area contributed by atoms with E-state index in [9.17, 15) is 9.59 Å². The highest BCUT2D eigenvalue weighted by atomic mass is 79.9. The number of hydrogen-bond donors (Lipinski definition) is 2. The zero-order valence-electron chi connectivity index (χ0n) is 11.9. The predicted molar refractivity (Wildman–Crippen MR) is 83.6 cm³/mol. The van der Waals surface area contributed by atoms with Crippen molar-refractivity contribution in [2.75, 3.05) is 13.7 Å². The average molecular weight is 367 g/mol. The number of carbonyl (C=O) groups excluding carboxylic acids is 2. The largest absolute Gasteiger partial charge is 0.497 e. The maximum Gasteiger partial charge on any atom is 0.252 e. The van der Waals surface area contributed by atoms with E-state index in [0.717, 1.165) is 0 Å². The van der Waals surface area contributed by atoms with E-state index >= 15 is 0 Å². The SMILES string of the molecule is COc1ccc(Br)c(C(=O)NCC(=O)NCc2ccco2)c1. The van der Waals surface area contributed by atoms with Crippen LogP contribution in [-0.4, -0.2) is 25.5 Å². The van der Waals surface area contributed by atoms with Gasteiger partial charge in [-0.1, -0.05) is 0 Å². The normalized spacial score (nSPS) is 10.1. The number of methoxy groups -OCH3 is 1. The molecule has 1 aromatic carbocycles. The van der Waals surface area contributed by atoms with Crippen LogP contribution in [0, 0.1) is 0 Å². The summed E-state index contributed by atoms with van der Waals surface area (Å²) < 4.78 is 10.8. The molecule has 0 aliphatic rings. The number of hydrogen-bond acceptors (Lipinski definition) is 4. The molecular formula is C15H15BrN2O4. The van der Waals surface area contributed by atoms with E-state index in [2.05, 4.69) is 26.6 Å². The van der Waals surface area contributed by atoms with Crippen molar-refractivity contribution >= 4 is 27.7 Å². The predicted octanol–water partition coefficient (Wildman–Crippen LogP) is 2.10. The van der Waals surface area contributed by atoms with Crippen LogP contribution in [0.25, 0.3) is 0 Å². The molecule has 2 amide bonds. The molecule has 7 heteroatoms. The van der Waals surface area contributed by atoms with Gasteiger partial charge in [-0.05, 0) is 46.3 Å². The van der Waals surface area contributed by atoms with Crippen LogP contribution in [0.3, 0.4) is 0 Å². The van der Waals surface area contributed by atoms with E-state index in [1.807, 2.05) is 0 Å². The molecule has 2 aromatic rings. The van der Waals surface area contributed by atoms with Crippen LogP contribution in [0.15, 0.2) is 45.5 Å². The molecule has 0 aliphatic heterocycles. The lowest BCUT2D eigenvalue weighted by molar-refractivity contribution is -0.120. The lowest BCUT2D eigenvalue weighted by Gasteiger charge is -2.09. The summed E-state index contributed by atoms with van der Waals surface area (Å²) in [5.41, 5.74) is 0.401. The van der Waals surface area contributed by atoms with Gasteiger partial charge in [0.1, 0.15) is 11.5 Å². The lowest BCUT2D eigenvalue weighted by Crippen LogP contribution is -2.36. The minimum Gasteiger partial charge on any atom is -0.497 e. The molecule has 0 radical (unpaired) electrons. The smallest absolute Gasteiger partial charge is 0.252 e. The van der Waals surface area contributed by atoms with E-state index in [1.54, 1.807) is 30.3 Å². The molecular weight excluding hydrogens is 352 g/mol. The Labute approximate surface area is 136 Å². The molecule has 6 nitrogen and oxygen atoms in total. The number of halogens is 1. The van der Waals surface area contributed by atoms with Gasteiger partial charge in [-0.2, -0.15) is 0 Å². The Morgan fingerprint density at radius 3 is 2.77 bits per heavy atom. The Bertz CT molecular complexity index is 656. The Morgan fingerprint density at radius 2 is 2.09 bits per heavy atom. The first kappa shape index (κ1) is 16.1. The van der Waals surface area contributed by atoms with E-state index < -0.39 is 0 Å². The van der Waals surface area contributed by atoms with Crippen LogP contribution >= 0.6 is 15.9 Å². The molecule has 2 rings (SSSR count). The molecule has 0 fully saturated rings. The zero-order chi connectivity index (χ0) is 15.9. The summed E-state index contributed by atoms with van der Waals surface area (Å²) in [6, 6.07) is 8.54. The first-order chi connectivity index (χ1) is 10.6. The molecule has 0 unspecified atom stereocenters. The summed E-state index contributed by atoms with van der Waals surface area (Å²) in [7, 11) is 1.52. The van der Waals surface area contributed by atoms with Crippen LogP contribution in [0.1, 0.15) is 16.1 Å². The van der Waals surface area contributed by atoms with Gasteiger partial charge in [0.2, 0.25) is 5.91 Å². The highest BCUT2D eigenvalue weighted by molar-refractivity contribution is 9.10. The Hall–Kier alpha value is -2.28. The number of benzene rings is 1. The van der Waals surface area contributed by atoms with Gasteiger partial charge < -0.3 is 19.8 Å². The van der Waals surface area contributed by atoms with Crippen molar-refractivity contribution in [3.8, 4) is 5.75 Å². The van der Waals surface area contributed by atoms with Gasteiger partial charge in [-0.25, -0.2) is 0 Å². The number of amides is 2. The van der Waals surface area contributed by atoms with Crippen molar-refractivity contribution < 1.29 is 18.7 Å². The number of ether oxygens (including phenoxy) is 1. The molecule has 2 N–H and O–H groups in total. The van der Waals surface area contributed by atoms with Crippen LogP contribution in [-0.2, 0) is 11.3 Å². The number of furan rings is 1. The summed E-state index contributed by atoms with van der Waals surface area (Å²) in [5.74, 6) is 0.550. The fourth-order valence-corrected chi connectivity index (χ4v) is 2.15. The molecule has 116 valence electrons. The fraction of sp³-hybridized carbons (Fsp3) is 0.200. The van der Waals surface area contributed by atoms with E-state index in [0.29, 0.717) is 21.5 Å². The van der Waals surface area contributed by atoms with Crippen LogP contribution < -0.4 is 15.4 Å². The maximum atomic E-state index is 12.1. The van der Waals surface area contributed by atoms with Crippen molar-refractivity contribution in [2.24, 2.45) is 0 Å². The minimum atomic E-state index is -0.362. The van der Waals surface area contributed by atoms with E-state index in [-0.39, 0.29) is 24.9 Å². The van der Waals surface area contributed by atoms with Gasteiger partial charge in [-0.15, -0.1) is 0 Å². The summed E-state index contributed by atoms with van der Waals surface area (Å²) in [6.45, 7) is 0.160. The van der Waals surface area contributed by atoms with Gasteiger partial charge in [-0.3, -0.25) is 9.59 Å². The van der Waals surface area contributed by atoms with Gasteiger partial charge in [0.05, 0.1) is 32.0 Å². The molecule has 0 saturated heterocycles. The monoisotopic (exact) mass is 366 g/mol. The Balaban J connectivity index is 1.85. The first-order valence-electron chi connectivity index (χ1n) is 6.51. The zero-order valence-corrected chi connectivity index (χ0v) is 13.5. The maximum absolute atomic E-state index is 12.1. The number of rotatable bonds is 6. The van der Waals surface area contributed by atoms with Crippen molar-refractivity contribution in [1.82, 2.24) is 10.6 Å². The summed E-state index contributed by atoms with van der Waals surface area (Å²) in [4.78, 5) is 23.8. The second-order valence-corrected chi connectivity index (χ2v) is 5.24. The third-order valence-electron chi connectivity index (χ3n) is 2.87. The molecule has 0 atom stereocenters. The Morgan fingerprint density at radius 1 is 1.27 bits per heavy atom. The third kappa shape index (κ3) is 4.36. The number of nitrogens with one attached hydrogen (secondary N) is 2. The highest BCUT2D eigenvalue weighted by Crippen LogP contribution is 2.22. The molecule has 0 aliphatic carbocycles. The molecule has 1 heterocycles. The van der Waals surface area contributed by atoms with Crippen molar-refractivity contribution in [1.29, 1.82) is 0 Å². The minimum absolute atomic E-state index is 0.122. The van der Waals surface area contributed by atoms with Crippen LogP contribution in [0.4, 0.5) is 0 Å². The fourth-order valence-electron chi connectivity index (χ4n) is 1.72. The molecule has 1 aromatic heterocycles. The standard InChI is InChI=1S/C15H15BrN2O4/c1-21-10-4-5-13(16)12(7-10)15(20)18-9-14(19)17-8-11-3-2-6-22-11/h2-7H,8-9H2,1H3,(H,17,19)(H,18,20). The molecule has 0 spiro atoms. The van der Waals surface area contributed by atoms with E-state index in [4.69, 9.17) is 9.15 Å². The van der Waals surface area contributed by atoms with Crippen LogP contribution in [0.5, 0.6) is 5.75 Å². The number of carbonyl (C=O) groups is 2. The van der Waals surface area contributed by atoms with Gasteiger partial charge in [0, 0.05) is 4.47 Å². The van der Waals surface area contributed by atoms with Gasteiger partial charge >= 0.3 is 0 Å². The van der Waals surface area contributed by atoms with Crippen molar-refractivity contribution in [3.05, 3.63) is 52.4 Å². The summed E-state index contributed by atoms with van der Waals surface area (Å²) >= 11 is 3.29. The molecule has 0 bridgehead atoms. The highest BCUT2D eigenvalue weighted by Gasteiger charge is 2.12. The third-order valence-corrected chi connectivity index (χ3v) is 3.56. The second-order valence-electron chi connectivity index (χ2n) is 4.38. The van der Waals surface area contributed by atoms with Crippen molar-refractivity contribution in [3.63, 3.8) is 0 Å². The average Bonchev–Trinajstić information content (AvgIpc) is 3.04. The quantitative estimate of drug-likeness (QED) is 0.820. The molecule has 22 heavy (non-hydrogen) atoms. The Kier molecular flexibility index (Phi) is 5.60. The van der Waals surface area contributed by atoms with Gasteiger partial charge in [0.15, 0.2) is 0 Å².